The van der Waals surface area contributed by atoms with Crippen molar-refractivity contribution in [3.8, 4) is 5.75 Å². The first-order valence-corrected chi connectivity index (χ1v) is 11.0. The first-order valence-electron chi connectivity index (χ1n) is 11.0. The molecule has 4 atom stereocenters. The van der Waals surface area contributed by atoms with Gasteiger partial charge in [-0.3, -0.25) is 0 Å². The molecular weight excluding hydrogens is 391 g/mol. The number of benzene rings is 2. The Labute approximate surface area is 187 Å². The fourth-order valence-corrected chi connectivity index (χ4v) is 3.29. The topological polar surface area (TPSA) is 38.7 Å². The standard InChI is InChI=1S/C25H31FO3.C2H6/c1-19(8-7-11-21-9-5-4-6-10-21)18-20(2)24(16-17-26)29-25(27)22-12-14-23(28-3)15-13-22;1-2/h4-10,12-17,19-20,24-25,27H,11,18H2,1-3H3;1-2H3/b8-7+,17-16-;. The number of allylic oxidation sites excluding steroid dienone is 2. The van der Waals surface area contributed by atoms with E-state index in [1.54, 1.807) is 31.4 Å². The van der Waals surface area contributed by atoms with E-state index in [2.05, 4.69) is 31.2 Å². The van der Waals surface area contributed by atoms with Crippen LogP contribution in [0.5, 0.6) is 5.75 Å². The summed E-state index contributed by atoms with van der Waals surface area (Å²) >= 11 is 0. The molecule has 0 radical (unpaired) electrons. The first kappa shape index (κ1) is 26.6. The molecule has 31 heavy (non-hydrogen) atoms. The summed E-state index contributed by atoms with van der Waals surface area (Å²) < 4.78 is 23.8. The van der Waals surface area contributed by atoms with Crippen LogP contribution in [0.25, 0.3) is 0 Å². The predicted molar refractivity (Wildman–Crippen MR) is 127 cm³/mol. The number of rotatable bonds is 11. The highest BCUT2D eigenvalue weighted by Crippen LogP contribution is 2.26. The van der Waals surface area contributed by atoms with Crippen LogP contribution in [0.15, 0.2) is 79.2 Å². The van der Waals surface area contributed by atoms with Gasteiger partial charge in [0.15, 0.2) is 6.29 Å². The second-order valence-corrected chi connectivity index (χ2v) is 7.35. The molecule has 2 aromatic carbocycles. The van der Waals surface area contributed by atoms with Crippen molar-refractivity contribution in [3.05, 3.63) is 90.3 Å². The van der Waals surface area contributed by atoms with E-state index in [0.29, 0.717) is 23.6 Å². The maximum atomic E-state index is 12.9. The first-order chi connectivity index (χ1) is 15.0. The van der Waals surface area contributed by atoms with Crippen molar-refractivity contribution in [2.45, 2.75) is 52.9 Å². The molecule has 0 fully saturated rings. The normalized spacial score (nSPS) is 15.2. The van der Waals surface area contributed by atoms with Crippen LogP contribution in [0, 0.1) is 11.8 Å². The molecule has 0 saturated carbocycles. The summed E-state index contributed by atoms with van der Waals surface area (Å²) in [6.45, 7) is 8.14. The van der Waals surface area contributed by atoms with Crippen LogP contribution in [-0.2, 0) is 11.2 Å². The molecule has 0 bridgehead atoms. The second kappa shape index (κ2) is 15.4. The van der Waals surface area contributed by atoms with Gasteiger partial charge in [0, 0.05) is 5.56 Å². The van der Waals surface area contributed by atoms with E-state index in [1.165, 1.54) is 11.6 Å². The summed E-state index contributed by atoms with van der Waals surface area (Å²) in [7, 11) is 1.58. The number of hydrogen-bond acceptors (Lipinski definition) is 3. The van der Waals surface area contributed by atoms with Gasteiger partial charge in [0.25, 0.3) is 0 Å². The minimum absolute atomic E-state index is 0.0336. The van der Waals surface area contributed by atoms with Crippen molar-refractivity contribution in [3.63, 3.8) is 0 Å². The van der Waals surface area contributed by atoms with Crippen LogP contribution in [0.3, 0.4) is 0 Å². The van der Waals surface area contributed by atoms with Crippen LogP contribution in [0.4, 0.5) is 4.39 Å². The zero-order valence-corrected chi connectivity index (χ0v) is 19.4. The molecule has 2 rings (SSSR count). The lowest BCUT2D eigenvalue weighted by Gasteiger charge is -2.26. The van der Waals surface area contributed by atoms with E-state index in [-0.39, 0.29) is 5.92 Å². The maximum Gasteiger partial charge on any atom is 0.181 e. The van der Waals surface area contributed by atoms with Gasteiger partial charge in [0.2, 0.25) is 0 Å². The Kier molecular flexibility index (Phi) is 13.2. The van der Waals surface area contributed by atoms with Gasteiger partial charge >= 0.3 is 0 Å². The van der Waals surface area contributed by atoms with Crippen LogP contribution in [-0.4, -0.2) is 18.3 Å². The molecule has 4 heteroatoms. The molecule has 0 amide bonds. The average Bonchev–Trinajstić information content (AvgIpc) is 2.80. The van der Waals surface area contributed by atoms with Gasteiger partial charge in [-0.1, -0.05) is 82.3 Å². The fourth-order valence-electron chi connectivity index (χ4n) is 3.29. The van der Waals surface area contributed by atoms with E-state index >= 15 is 0 Å². The summed E-state index contributed by atoms with van der Waals surface area (Å²) in [5, 5.41) is 10.4. The van der Waals surface area contributed by atoms with Crippen molar-refractivity contribution in [1.82, 2.24) is 0 Å². The van der Waals surface area contributed by atoms with Crippen molar-refractivity contribution in [1.29, 1.82) is 0 Å². The lowest BCUT2D eigenvalue weighted by molar-refractivity contribution is -0.139. The molecule has 0 heterocycles. The van der Waals surface area contributed by atoms with Crippen LogP contribution < -0.4 is 4.74 Å². The minimum atomic E-state index is -1.13. The summed E-state index contributed by atoms with van der Waals surface area (Å²) in [6.07, 6.45) is 6.24. The van der Waals surface area contributed by atoms with Crippen LogP contribution in [0.2, 0.25) is 0 Å². The fraction of sp³-hybridized carbons (Fsp3) is 0.407. The average molecular weight is 429 g/mol. The number of halogens is 1. The number of ether oxygens (including phenoxy) is 2. The molecule has 0 aromatic heterocycles. The van der Waals surface area contributed by atoms with E-state index < -0.39 is 12.4 Å². The van der Waals surface area contributed by atoms with Gasteiger partial charge in [-0.15, -0.1) is 0 Å². The predicted octanol–water partition coefficient (Wildman–Crippen LogP) is 7.04. The van der Waals surface area contributed by atoms with Crippen molar-refractivity contribution < 1.29 is 19.0 Å². The van der Waals surface area contributed by atoms with Crippen LogP contribution >= 0.6 is 0 Å². The van der Waals surface area contributed by atoms with Gasteiger partial charge in [-0.05, 0) is 48.4 Å². The molecule has 2 aromatic rings. The largest absolute Gasteiger partial charge is 0.497 e. The summed E-state index contributed by atoms with van der Waals surface area (Å²) in [5.41, 5.74) is 1.87. The third-order valence-electron chi connectivity index (χ3n) is 4.91. The third-order valence-corrected chi connectivity index (χ3v) is 4.91. The van der Waals surface area contributed by atoms with E-state index in [1.807, 2.05) is 39.0 Å². The zero-order valence-electron chi connectivity index (χ0n) is 19.4. The highest BCUT2D eigenvalue weighted by molar-refractivity contribution is 5.27. The van der Waals surface area contributed by atoms with Gasteiger partial charge in [-0.25, -0.2) is 4.39 Å². The Morgan fingerprint density at radius 3 is 2.19 bits per heavy atom. The summed E-state index contributed by atoms with van der Waals surface area (Å²) in [6, 6.07) is 17.3. The molecule has 0 spiro atoms. The Bertz CT molecular complexity index is 756. The van der Waals surface area contributed by atoms with E-state index in [9.17, 15) is 9.50 Å². The third kappa shape index (κ3) is 9.95. The van der Waals surface area contributed by atoms with Gasteiger partial charge in [-0.2, -0.15) is 0 Å². The van der Waals surface area contributed by atoms with Crippen LogP contribution in [0.1, 0.15) is 51.5 Å². The number of methoxy groups -OCH3 is 1. The smallest absolute Gasteiger partial charge is 0.181 e. The van der Waals surface area contributed by atoms with E-state index in [0.717, 1.165) is 12.8 Å². The second-order valence-electron chi connectivity index (χ2n) is 7.35. The SMILES string of the molecule is CC.COc1ccc(C(O)OC(/C=C\F)C(C)CC(C)/C=C/Cc2ccccc2)cc1. The van der Waals surface area contributed by atoms with Crippen molar-refractivity contribution >= 4 is 0 Å². The zero-order chi connectivity index (χ0) is 23.1. The Balaban J connectivity index is 0.00000233. The molecular formula is C27H37FO3. The Morgan fingerprint density at radius 2 is 1.61 bits per heavy atom. The Hall–Kier alpha value is -2.43. The van der Waals surface area contributed by atoms with Crippen molar-refractivity contribution in [2.24, 2.45) is 11.8 Å². The molecule has 0 aliphatic carbocycles. The molecule has 1 N–H and O–H groups in total. The molecule has 3 nitrogen and oxygen atoms in total. The molecule has 170 valence electrons. The summed E-state index contributed by atoms with van der Waals surface area (Å²) in [5.74, 6) is 1.04. The highest BCUT2D eigenvalue weighted by Gasteiger charge is 2.21. The maximum absolute atomic E-state index is 12.9. The van der Waals surface area contributed by atoms with Crippen molar-refractivity contribution in [2.75, 3.05) is 7.11 Å². The number of aliphatic hydroxyl groups excluding tert-OH is 1. The van der Waals surface area contributed by atoms with Gasteiger partial charge in [0.1, 0.15) is 5.75 Å². The molecule has 0 aliphatic rings. The minimum Gasteiger partial charge on any atom is -0.497 e. The monoisotopic (exact) mass is 428 g/mol. The number of aliphatic hydroxyl groups is 1. The molecule has 4 unspecified atom stereocenters. The highest BCUT2D eigenvalue weighted by atomic mass is 19.1. The summed E-state index contributed by atoms with van der Waals surface area (Å²) in [4.78, 5) is 0. The number of hydrogen-bond donors (Lipinski definition) is 1. The lowest BCUT2D eigenvalue weighted by atomic mass is 9.92. The molecule has 0 aliphatic heterocycles. The Morgan fingerprint density at radius 1 is 0.968 bits per heavy atom. The van der Waals surface area contributed by atoms with Gasteiger partial charge < -0.3 is 14.6 Å². The quantitative estimate of drug-likeness (QED) is 0.308. The van der Waals surface area contributed by atoms with E-state index in [4.69, 9.17) is 9.47 Å². The molecule has 0 saturated heterocycles. The van der Waals surface area contributed by atoms with Gasteiger partial charge in [0.05, 0.1) is 19.5 Å². The lowest BCUT2D eigenvalue weighted by Crippen LogP contribution is -2.23.